The van der Waals surface area contributed by atoms with Gasteiger partial charge >= 0.3 is 0 Å². The molecule has 2 nitrogen and oxygen atoms in total. The first-order chi connectivity index (χ1) is 14.1. The number of nitrogens with zero attached hydrogens (tertiary/aromatic N) is 1. The van der Waals surface area contributed by atoms with E-state index in [0.29, 0.717) is 18.1 Å². The Balaban J connectivity index is 1.30. The number of rotatable bonds is 10. The number of carbonyl (C=O) groups is 1. The zero-order valence-electron chi connectivity index (χ0n) is 18.3. The van der Waals surface area contributed by atoms with Gasteiger partial charge in [0.1, 0.15) is 0 Å². The average molecular weight is 392 g/mol. The van der Waals surface area contributed by atoms with Crippen LogP contribution in [0.4, 0.5) is 0 Å². The maximum absolute atomic E-state index is 12.4. The largest absolute Gasteiger partial charge is 0.303 e. The molecular weight excluding hydrogens is 354 g/mol. The Bertz CT molecular complexity index is 727. The summed E-state index contributed by atoms with van der Waals surface area (Å²) in [6.45, 7) is 8.01. The zero-order chi connectivity index (χ0) is 20.5. The molecule has 0 saturated carbocycles. The van der Waals surface area contributed by atoms with Crippen molar-refractivity contribution < 1.29 is 4.79 Å². The van der Waals surface area contributed by atoms with Gasteiger partial charge in [-0.2, -0.15) is 0 Å². The van der Waals surface area contributed by atoms with E-state index in [4.69, 9.17) is 0 Å². The van der Waals surface area contributed by atoms with Crippen molar-refractivity contribution in [3.05, 3.63) is 71.3 Å². The van der Waals surface area contributed by atoms with E-state index in [0.717, 1.165) is 37.3 Å². The van der Waals surface area contributed by atoms with Gasteiger partial charge in [-0.3, -0.25) is 4.79 Å². The minimum absolute atomic E-state index is 0.294. The highest BCUT2D eigenvalue weighted by atomic mass is 16.1. The van der Waals surface area contributed by atoms with E-state index in [-0.39, 0.29) is 0 Å². The molecule has 0 bridgehead atoms. The molecule has 0 aliphatic carbocycles. The molecule has 0 amide bonds. The second-order valence-corrected chi connectivity index (χ2v) is 9.15. The summed E-state index contributed by atoms with van der Waals surface area (Å²) >= 11 is 0. The third-order valence-electron chi connectivity index (χ3n) is 6.12. The van der Waals surface area contributed by atoms with Crippen molar-refractivity contribution in [1.82, 2.24) is 4.90 Å². The molecule has 1 aliphatic heterocycles. The molecule has 0 N–H and O–H groups in total. The van der Waals surface area contributed by atoms with E-state index in [1.165, 1.54) is 43.5 Å². The van der Waals surface area contributed by atoms with Gasteiger partial charge in [-0.25, -0.2) is 0 Å². The first-order valence-electron chi connectivity index (χ1n) is 11.5. The Morgan fingerprint density at radius 2 is 1.62 bits per heavy atom. The molecule has 1 fully saturated rings. The number of Topliss-reactive ketones (excluding diaryl/α,β-unsaturated/α-hetero) is 1. The number of hydrogen-bond donors (Lipinski definition) is 0. The number of ketones is 1. The van der Waals surface area contributed by atoms with Gasteiger partial charge in [0.25, 0.3) is 0 Å². The lowest BCUT2D eigenvalue weighted by Crippen LogP contribution is -2.35. The van der Waals surface area contributed by atoms with E-state index >= 15 is 0 Å². The molecular formula is C27H37NO. The normalized spacial score (nSPS) is 15.7. The minimum atomic E-state index is 0.294. The molecule has 0 aromatic heterocycles. The average Bonchev–Trinajstić information content (AvgIpc) is 2.73. The molecule has 0 atom stereocenters. The monoisotopic (exact) mass is 391 g/mol. The molecule has 0 radical (unpaired) electrons. The van der Waals surface area contributed by atoms with Crippen LogP contribution in [0.3, 0.4) is 0 Å². The Morgan fingerprint density at radius 1 is 0.931 bits per heavy atom. The van der Waals surface area contributed by atoms with Gasteiger partial charge in [-0.05, 0) is 81.1 Å². The molecule has 3 rings (SSSR count). The number of unbranched alkanes of at least 4 members (excludes halogenated alkanes) is 1. The van der Waals surface area contributed by atoms with E-state index in [2.05, 4.69) is 61.2 Å². The zero-order valence-corrected chi connectivity index (χ0v) is 18.3. The number of carbonyl (C=O) groups excluding carboxylic acids is 1. The molecule has 1 heterocycles. The molecule has 2 aromatic rings. The van der Waals surface area contributed by atoms with Crippen LogP contribution in [0.25, 0.3) is 0 Å². The first kappa shape index (κ1) is 21.8. The van der Waals surface area contributed by atoms with Crippen LogP contribution in [-0.4, -0.2) is 30.3 Å². The minimum Gasteiger partial charge on any atom is -0.303 e. The van der Waals surface area contributed by atoms with Gasteiger partial charge < -0.3 is 4.90 Å². The quantitative estimate of drug-likeness (QED) is 0.355. The molecule has 0 unspecified atom stereocenters. The second kappa shape index (κ2) is 11.3. The lowest BCUT2D eigenvalue weighted by Gasteiger charge is -2.32. The number of hydrogen-bond acceptors (Lipinski definition) is 2. The van der Waals surface area contributed by atoms with Gasteiger partial charge in [-0.1, -0.05) is 68.4 Å². The molecule has 156 valence electrons. The van der Waals surface area contributed by atoms with Crippen LogP contribution in [-0.2, 0) is 12.8 Å². The summed E-state index contributed by atoms with van der Waals surface area (Å²) in [7, 11) is 0. The van der Waals surface area contributed by atoms with Crippen molar-refractivity contribution in [2.24, 2.45) is 11.8 Å². The predicted molar refractivity (Wildman–Crippen MR) is 122 cm³/mol. The van der Waals surface area contributed by atoms with Crippen LogP contribution in [0.1, 0.15) is 67.4 Å². The Morgan fingerprint density at radius 3 is 2.28 bits per heavy atom. The fourth-order valence-electron chi connectivity index (χ4n) is 4.43. The molecule has 2 heteroatoms. The third-order valence-corrected chi connectivity index (χ3v) is 6.12. The summed E-state index contributed by atoms with van der Waals surface area (Å²) in [6.07, 6.45) is 7.70. The van der Waals surface area contributed by atoms with Gasteiger partial charge in [0.15, 0.2) is 5.78 Å². The summed E-state index contributed by atoms with van der Waals surface area (Å²) in [5.41, 5.74) is 3.67. The summed E-state index contributed by atoms with van der Waals surface area (Å²) in [5.74, 6) is 1.77. The summed E-state index contributed by atoms with van der Waals surface area (Å²) in [5, 5.41) is 0. The standard InChI is InChI=1S/C27H37NO/c1-22(2)20-24-11-13-26(14-12-24)27(29)10-6-7-17-28-18-15-25(16-19-28)21-23-8-4-3-5-9-23/h3-5,8-9,11-14,22,25H,6-7,10,15-21H2,1-2H3. The van der Waals surface area contributed by atoms with Gasteiger partial charge in [-0.15, -0.1) is 0 Å². The maximum Gasteiger partial charge on any atom is 0.162 e. The van der Waals surface area contributed by atoms with Crippen LogP contribution in [0, 0.1) is 11.8 Å². The van der Waals surface area contributed by atoms with Crippen LogP contribution in [0.2, 0.25) is 0 Å². The summed E-state index contributed by atoms with van der Waals surface area (Å²) < 4.78 is 0. The Kier molecular flexibility index (Phi) is 8.49. The second-order valence-electron chi connectivity index (χ2n) is 9.15. The van der Waals surface area contributed by atoms with Gasteiger partial charge in [0, 0.05) is 12.0 Å². The fraction of sp³-hybridized carbons (Fsp3) is 0.519. The smallest absolute Gasteiger partial charge is 0.162 e. The molecule has 2 aromatic carbocycles. The third kappa shape index (κ3) is 7.44. The highest BCUT2D eigenvalue weighted by Gasteiger charge is 2.19. The van der Waals surface area contributed by atoms with Crippen molar-refractivity contribution in [2.45, 2.75) is 58.8 Å². The van der Waals surface area contributed by atoms with Crippen molar-refractivity contribution >= 4 is 5.78 Å². The summed E-state index contributed by atoms with van der Waals surface area (Å²) in [4.78, 5) is 15.0. The van der Waals surface area contributed by atoms with Crippen LogP contribution in [0.5, 0.6) is 0 Å². The molecule has 29 heavy (non-hydrogen) atoms. The van der Waals surface area contributed by atoms with Gasteiger partial charge in [0.2, 0.25) is 0 Å². The number of piperidine rings is 1. The van der Waals surface area contributed by atoms with E-state index in [1.54, 1.807) is 0 Å². The first-order valence-corrected chi connectivity index (χ1v) is 11.5. The molecule has 1 saturated heterocycles. The van der Waals surface area contributed by atoms with E-state index < -0.39 is 0 Å². The van der Waals surface area contributed by atoms with Crippen molar-refractivity contribution in [1.29, 1.82) is 0 Å². The molecule has 0 spiro atoms. The summed E-state index contributed by atoms with van der Waals surface area (Å²) in [6, 6.07) is 19.1. The molecule has 1 aliphatic rings. The Labute approximate surface area is 177 Å². The predicted octanol–water partition coefficient (Wildman–Crippen LogP) is 6.19. The van der Waals surface area contributed by atoms with Crippen LogP contribution >= 0.6 is 0 Å². The van der Waals surface area contributed by atoms with E-state index in [1.807, 2.05) is 12.1 Å². The number of likely N-dealkylation sites (tertiary alicyclic amines) is 1. The highest BCUT2D eigenvalue weighted by Crippen LogP contribution is 2.22. The highest BCUT2D eigenvalue weighted by molar-refractivity contribution is 5.96. The van der Waals surface area contributed by atoms with Gasteiger partial charge in [0.05, 0.1) is 0 Å². The number of benzene rings is 2. The SMILES string of the molecule is CC(C)Cc1ccc(C(=O)CCCCN2CCC(Cc3ccccc3)CC2)cc1. The topological polar surface area (TPSA) is 20.3 Å². The fourth-order valence-corrected chi connectivity index (χ4v) is 4.43. The van der Waals surface area contributed by atoms with Crippen molar-refractivity contribution in [2.75, 3.05) is 19.6 Å². The van der Waals surface area contributed by atoms with Crippen molar-refractivity contribution in [3.63, 3.8) is 0 Å². The van der Waals surface area contributed by atoms with Crippen molar-refractivity contribution in [3.8, 4) is 0 Å². The van der Waals surface area contributed by atoms with Crippen LogP contribution in [0.15, 0.2) is 54.6 Å². The maximum atomic E-state index is 12.4. The Hall–Kier alpha value is -1.93. The van der Waals surface area contributed by atoms with E-state index in [9.17, 15) is 4.79 Å². The lowest BCUT2D eigenvalue weighted by atomic mass is 9.90. The van der Waals surface area contributed by atoms with Crippen LogP contribution < -0.4 is 0 Å². The lowest BCUT2D eigenvalue weighted by molar-refractivity contribution is 0.0976.